The summed E-state index contributed by atoms with van der Waals surface area (Å²) in [6.07, 6.45) is 4.02. The van der Waals surface area contributed by atoms with E-state index in [0.29, 0.717) is 19.8 Å². The molecule has 0 radical (unpaired) electrons. The van der Waals surface area contributed by atoms with Gasteiger partial charge in [-0.3, -0.25) is 14.4 Å². The Morgan fingerprint density at radius 3 is 2.92 bits per heavy atom. The van der Waals surface area contributed by atoms with E-state index in [1.807, 2.05) is 29.6 Å². The van der Waals surface area contributed by atoms with Crippen molar-refractivity contribution in [2.24, 2.45) is 0 Å². The number of amides is 1. The molecule has 1 unspecified atom stereocenters. The van der Waals surface area contributed by atoms with Crippen molar-refractivity contribution < 1.29 is 14.3 Å². The summed E-state index contributed by atoms with van der Waals surface area (Å²) >= 11 is 0. The van der Waals surface area contributed by atoms with Gasteiger partial charge in [-0.1, -0.05) is 0 Å². The smallest absolute Gasteiger partial charge is 0.248 e. The maximum absolute atomic E-state index is 12.2. The Morgan fingerprint density at radius 2 is 2.21 bits per heavy atom. The highest BCUT2D eigenvalue weighted by molar-refractivity contribution is 5.78. The topological polar surface area (TPSA) is 59.8 Å². The summed E-state index contributed by atoms with van der Waals surface area (Å²) in [7, 11) is 0. The van der Waals surface area contributed by atoms with Crippen molar-refractivity contribution >= 4 is 5.91 Å². The number of ether oxygens (including phenoxy) is 2. The lowest BCUT2D eigenvalue weighted by Crippen LogP contribution is -2.59. The van der Waals surface area contributed by atoms with Crippen LogP contribution in [-0.2, 0) is 27.4 Å². The van der Waals surface area contributed by atoms with E-state index >= 15 is 0 Å². The molecule has 1 spiro atoms. The van der Waals surface area contributed by atoms with Crippen LogP contribution in [0.3, 0.4) is 0 Å². The van der Waals surface area contributed by atoms with Crippen molar-refractivity contribution in [3.63, 3.8) is 0 Å². The zero-order valence-electron chi connectivity index (χ0n) is 14.9. The highest BCUT2D eigenvalue weighted by Crippen LogP contribution is 2.25. The lowest BCUT2D eigenvalue weighted by atomic mass is 10.0. The van der Waals surface area contributed by atoms with Crippen molar-refractivity contribution in [1.82, 2.24) is 19.6 Å². The summed E-state index contributed by atoms with van der Waals surface area (Å²) < 4.78 is 13.7. The number of aromatic nitrogens is 2. The van der Waals surface area contributed by atoms with Crippen LogP contribution < -0.4 is 0 Å². The fourth-order valence-corrected chi connectivity index (χ4v) is 3.48. The minimum absolute atomic E-state index is 0.0480. The molecule has 0 aromatic carbocycles. The molecule has 2 fully saturated rings. The molecule has 0 bridgehead atoms. The van der Waals surface area contributed by atoms with E-state index in [0.717, 1.165) is 26.2 Å². The molecule has 1 aromatic rings. The summed E-state index contributed by atoms with van der Waals surface area (Å²) in [4.78, 5) is 16.5. The fraction of sp³-hybridized carbons (Fsp3) is 0.765. The largest absolute Gasteiger partial charge is 0.369 e. The van der Waals surface area contributed by atoms with E-state index in [9.17, 15) is 4.79 Å². The third-order valence-corrected chi connectivity index (χ3v) is 4.74. The number of carbonyl (C=O) groups excluding carboxylic acids is 1. The second-order valence-electron chi connectivity index (χ2n) is 7.05. The highest BCUT2D eigenvalue weighted by atomic mass is 16.5. The molecule has 0 aliphatic carbocycles. The molecule has 0 N–H and O–H groups in total. The van der Waals surface area contributed by atoms with Crippen LogP contribution in [0.2, 0.25) is 0 Å². The Bertz CT molecular complexity index is 574. The molecular formula is C17H28N4O3. The Hall–Kier alpha value is -1.44. The minimum atomic E-state index is -0.435. The summed E-state index contributed by atoms with van der Waals surface area (Å²) in [5.41, 5.74) is 0.773. The highest BCUT2D eigenvalue weighted by Gasteiger charge is 2.42. The SMILES string of the molecule is CCn1cc(CN2CCOC3(COCC(=O)N(C(C)C)C3)C2)cn1. The van der Waals surface area contributed by atoms with E-state index in [1.165, 1.54) is 5.56 Å². The number of hydrogen-bond acceptors (Lipinski definition) is 5. The quantitative estimate of drug-likeness (QED) is 0.812. The van der Waals surface area contributed by atoms with Crippen LogP contribution in [0.25, 0.3) is 0 Å². The maximum Gasteiger partial charge on any atom is 0.248 e. The predicted molar refractivity (Wildman–Crippen MR) is 89.5 cm³/mol. The summed E-state index contributed by atoms with van der Waals surface area (Å²) in [5.74, 6) is 0.0480. The fourth-order valence-electron chi connectivity index (χ4n) is 3.48. The number of morpholine rings is 1. The molecule has 1 amide bonds. The molecule has 134 valence electrons. The van der Waals surface area contributed by atoms with Gasteiger partial charge in [0.15, 0.2) is 0 Å². The van der Waals surface area contributed by atoms with E-state index in [4.69, 9.17) is 9.47 Å². The molecule has 7 heteroatoms. The predicted octanol–water partition coefficient (Wildman–Crippen LogP) is 0.741. The first-order valence-electron chi connectivity index (χ1n) is 8.76. The van der Waals surface area contributed by atoms with Gasteiger partial charge in [0.1, 0.15) is 12.2 Å². The maximum atomic E-state index is 12.2. The number of rotatable bonds is 4. The zero-order valence-corrected chi connectivity index (χ0v) is 14.9. The first kappa shape index (κ1) is 17.4. The molecule has 2 aliphatic rings. The lowest BCUT2D eigenvalue weighted by Gasteiger charge is -2.44. The Morgan fingerprint density at radius 1 is 1.38 bits per heavy atom. The molecule has 3 heterocycles. The lowest BCUT2D eigenvalue weighted by molar-refractivity contribution is -0.147. The van der Waals surface area contributed by atoms with Crippen LogP contribution in [0, 0.1) is 0 Å². The van der Waals surface area contributed by atoms with Gasteiger partial charge >= 0.3 is 0 Å². The molecule has 2 saturated heterocycles. The number of nitrogens with zero attached hydrogens (tertiary/aromatic N) is 4. The summed E-state index contributed by atoms with van der Waals surface area (Å²) in [6.45, 7) is 11.4. The summed E-state index contributed by atoms with van der Waals surface area (Å²) in [5, 5.41) is 4.35. The molecule has 7 nitrogen and oxygen atoms in total. The monoisotopic (exact) mass is 336 g/mol. The van der Waals surface area contributed by atoms with E-state index in [1.54, 1.807) is 0 Å². The van der Waals surface area contributed by atoms with Gasteiger partial charge < -0.3 is 14.4 Å². The minimum Gasteiger partial charge on any atom is -0.369 e. The van der Waals surface area contributed by atoms with Crippen LogP contribution in [-0.4, -0.2) is 76.6 Å². The average molecular weight is 336 g/mol. The Kier molecular flexibility index (Phi) is 5.22. The van der Waals surface area contributed by atoms with Gasteiger partial charge in [0.25, 0.3) is 0 Å². The molecule has 0 saturated carbocycles. The Balaban J connectivity index is 1.69. The second-order valence-corrected chi connectivity index (χ2v) is 7.05. The van der Waals surface area contributed by atoms with Gasteiger partial charge in [-0.15, -0.1) is 0 Å². The molecule has 1 aromatic heterocycles. The number of hydrogen-bond donors (Lipinski definition) is 0. The first-order valence-corrected chi connectivity index (χ1v) is 8.76. The van der Waals surface area contributed by atoms with Crippen LogP contribution in [0.5, 0.6) is 0 Å². The third kappa shape index (κ3) is 3.79. The van der Waals surface area contributed by atoms with E-state index in [-0.39, 0.29) is 18.6 Å². The van der Waals surface area contributed by atoms with Gasteiger partial charge in [-0.05, 0) is 20.8 Å². The van der Waals surface area contributed by atoms with Gasteiger partial charge in [-0.2, -0.15) is 5.10 Å². The van der Waals surface area contributed by atoms with Crippen molar-refractivity contribution in [3.05, 3.63) is 18.0 Å². The molecule has 3 rings (SSSR count). The van der Waals surface area contributed by atoms with Gasteiger partial charge in [0.05, 0.1) is 26.0 Å². The van der Waals surface area contributed by atoms with Crippen molar-refractivity contribution in [1.29, 1.82) is 0 Å². The zero-order chi connectivity index (χ0) is 17.2. The van der Waals surface area contributed by atoms with Gasteiger partial charge in [0, 0.05) is 44.0 Å². The van der Waals surface area contributed by atoms with E-state index in [2.05, 4.69) is 23.1 Å². The van der Waals surface area contributed by atoms with Crippen molar-refractivity contribution in [2.75, 3.05) is 39.5 Å². The molecular weight excluding hydrogens is 308 g/mol. The molecule has 2 aliphatic heterocycles. The van der Waals surface area contributed by atoms with Crippen molar-refractivity contribution in [2.45, 2.75) is 45.5 Å². The summed E-state index contributed by atoms with van der Waals surface area (Å²) in [6, 6.07) is 0.151. The average Bonchev–Trinajstić information content (AvgIpc) is 2.93. The normalized spacial score (nSPS) is 26.3. The number of aryl methyl sites for hydroxylation is 1. The number of carbonyl (C=O) groups is 1. The van der Waals surface area contributed by atoms with Crippen LogP contribution in [0.15, 0.2) is 12.4 Å². The molecule has 24 heavy (non-hydrogen) atoms. The standard InChI is InChI=1S/C17H28N4O3/c1-4-20-9-15(7-18-20)8-19-5-6-24-17(11-19)12-21(14(2)3)16(22)10-23-13-17/h7,9,14H,4-6,8,10-13H2,1-3H3. The van der Waals surface area contributed by atoms with Crippen molar-refractivity contribution in [3.8, 4) is 0 Å². The molecule has 1 atom stereocenters. The van der Waals surface area contributed by atoms with Gasteiger partial charge in [-0.25, -0.2) is 0 Å². The first-order chi connectivity index (χ1) is 11.5. The van der Waals surface area contributed by atoms with Crippen LogP contribution >= 0.6 is 0 Å². The second kappa shape index (κ2) is 7.21. The third-order valence-electron chi connectivity index (χ3n) is 4.74. The van der Waals surface area contributed by atoms with Gasteiger partial charge in [0.2, 0.25) is 5.91 Å². The van der Waals surface area contributed by atoms with Crippen LogP contribution in [0.1, 0.15) is 26.3 Å². The Labute approximate surface area is 143 Å². The van der Waals surface area contributed by atoms with Crippen LogP contribution in [0.4, 0.5) is 0 Å². The van der Waals surface area contributed by atoms with E-state index < -0.39 is 5.60 Å².